The zero-order chi connectivity index (χ0) is 15.0. The Bertz CT molecular complexity index is 470. The number of hydrogen-bond acceptors (Lipinski definition) is 3. The fourth-order valence-electron chi connectivity index (χ4n) is 1.77. The van der Waals surface area contributed by atoms with Crippen LogP contribution in [0.15, 0.2) is 30.3 Å². The summed E-state index contributed by atoms with van der Waals surface area (Å²) < 4.78 is 0. The minimum atomic E-state index is -1.12. The van der Waals surface area contributed by atoms with Gasteiger partial charge >= 0.3 is 5.97 Å². The first kappa shape index (κ1) is 15.9. The van der Waals surface area contributed by atoms with Gasteiger partial charge in [-0.2, -0.15) is 0 Å². The highest BCUT2D eigenvalue weighted by molar-refractivity contribution is 5.85. The largest absolute Gasteiger partial charge is 0.480 e. The van der Waals surface area contributed by atoms with Crippen LogP contribution in [0.4, 0.5) is 0 Å². The molecule has 0 fully saturated rings. The van der Waals surface area contributed by atoms with E-state index < -0.39 is 12.0 Å². The summed E-state index contributed by atoms with van der Waals surface area (Å²) >= 11 is 0. The molecule has 1 amide bonds. The van der Waals surface area contributed by atoms with Crippen LogP contribution in [0, 0.1) is 0 Å². The van der Waals surface area contributed by atoms with Crippen LogP contribution in [0.25, 0.3) is 0 Å². The Labute approximate surface area is 118 Å². The number of carboxylic acid groups (broad SMARTS) is 1. The van der Waals surface area contributed by atoms with E-state index in [2.05, 4.69) is 5.32 Å². The molecule has 0 unspecified atom stereocenters. The van der Waals surface area contributed by atoms with Crippen molar-refractivity contribution < 1.29 is 19.5 Å². The number of aliphatic carboxylic acids is 1. The zero-order valence-corrected chi connectivity index (χ0v) is 11.5. The lowest BCUT2D eigenvalue weighted by Crippen LogP contribution is -2.41. The molecule has 0 aliphatic rings. The Balaban J connectivity index is 2.50. The molecule has 0 radical (unpaired) electrons. The second kappa shape index (κ2) is 8.09. The lowest BCUT2D eigenvalue weighted by atomic mass is 10.1. The molecule has 0 spiro atoms. The highest BCUT2D eigenvalue weighted by Crippen LogP contribution is 2.03. The van der Waals surface area contributed by atoms with Crippen LogP contribution in [0.5, 0.6) is 0 Å². The summed E-state index contributed by atoms with van der Waals surface area (Å²) in [5.74, 6) is -1.48. The Morgan fingerprint density at radius 2 is 1.85 bits per heavy atom. The molecule has 108 valence electrons. The van der Waals surface area contributed by atoms with Crippen LogP contribution in [0.1, 0.15) is 31.7 Å². The number of benzene rings is 1. The van der Waals surface area contributed by atoms with Crippen LogP contribution < -0.4 is 5.32 Å². The maximum absolute atomic E-state index is 11.8. The van der Waals surface area contributed by atoms with Gasteiger partial charge < -0.3 is 10.4 Å². The summed E-state index contributed by atoms with van der Waals surface area (Å²) in [5.41, 5.74) is 0.818. The molecular formula is C15H19NO4. The van der Waals surface area contributed by atoms with Crippen LogP contribution >= 0.6 is 0 Å². The highest BCUT2D eigenvalue weighted by Gasteiger charge is 2.20. The smallest absolute Gasteiger partial charge is 0.326 e. The lowest BCUT2D eigenvalue weighted by Gasteiger charge is -2.14. The van der Waals surface area contributed by atoms with Crippen molar-refractivity contribution in [2.45, 2.75) is 38.6 Å². The van der Waals surface area contributed by atoms with Gasteiger partial charge in [0.2, 0.25) is 5.91 Å². The first-order valence-corrected chi connectivity index (χ1v) is 6.60. The van der Waals surface area contributed by atoms with Gasteiger partial charge in [-0.3, -0.25) is 9.59 Å². The van der Waals surface area contributed by atoms with Gasteiger partial charge in [0.15, 0.2) is 0 Å². The number of rotatable bonds is 8. The second-order valence-electron chi connectivity index (χ2n) is 4.55. The first-order valence-electron chi connectivity index (χ1n) is 6.60. The first-order chi connectivity index (χ1) is 9.52. The maximum atomic E-state index is 11.8. The molecule has 1 rings (SSSR count). The molecule has 0 bridgehead atoms. The van der Waals surface area contributed by atoms with Crippen LogP contribution in [-0.2, 0) is 20.8 Å². The number of Topliss-reactive ketones (excluding diaryl/α,β-unsaturated/α-hetero) is 1. The van der Waals surface area contributed by atoms with Crippen LogP contribution in [0.3, 0.4) is 0 Å². The normalized spacial score (nSPS) is 11.7. The molecule has 0 heterocycles. The molecule has 1 atom stereocenters. The number of amides is 1. The average Bonchev–Trinajstić information content (AvgIpc) is 2.43. The number of ketones is 1. The summed E-state index contributed by atoms with van der Waals surface area (Å²) in [7, 11) is 0. The summed E-state index contributed by atoms with van der Waals surface area (Å²) in [6.45, 7) is 1.73. The molecule has 2 N–H and O–H groups in total. The summed E-state index contributed by atoms with van der Waals surface area (Å²) in [5, 5.41) is 11.5. The fraction of sp³-hybridized carbons (Fsp3) is 0.400. The summed E-state index contributed by atoms with van der Waals surface area (Å²) in [6.07, 6.45) is 0.804. The van der Waals surface area contributed by atoms with Crippen molar-refractivity contribution in [3.63, 3.8) is 0 Å². The topological polar surface area (TPSA) is 83.5 Å². The van der Waals surface area contributed by atoms with Crippen LogP contribution in [-0.4, -0.2) is 28.8 Å². The number of hydrogen-bond donors (Lipinski definition) is 2. The van der Waals surface area contributed by atoms with E-state index in [4.69, 9.17) is 5.11 Å². The lowest BCUT2D eigenvalue weighted by molar-refractivity contribution is -0.142. The zero-order valence-electron chi connectivity index (χ0n) is 11.5. The van der Waals surface area contributed by atoms with Gasteiger partial charge in [0.1, 0.15) is 11.8 Å². The third-order valence-corrected chi connectivity index (χ3v) is 2.95. The molecule has 0 aliphatic heterocycles. The quantitative estimate of drug-likeness (QED) is 0.755. The van der Waals surface area contributed by atoms with Crippen molar-refractivity contribution in [2.24, 2.45) is 0 Å². The Morgan fingerprint density at radius 1 is 1.20 bits per heavy atom. The molecule has 0 aliphatic carbocycles. The van der Waals surface area contributed by atoms with E-state index in [0.29, 0.717) is 6.42 Å². The van der Waals surface area contributed by atoms with Gasteiger partial charge in [-0.15, -0.1) is 0 Å². The molecule has 0 saturated carbocycles. The van der Waals surface area contributed by atoms with E-state index in [1.165, 1.54) is 0 Å². The molecule has 1 aromatic rings. The Kier molecular flexibility index (Phi) is 6.43. The van der Waals surface area contributed by atoms with Gasteiger partial charge in [-0.1, -0.05) is 37.3 Å². The van der Waals surface area contributed by atoms with Crippen molar-refractivity contribution >= 4 is 17.7 Å². The van der Waals surface area contributed by atoms with Gasteiger partial charge in [-0.25, -0.2) is 4.79 Å². The predicted octanol–water partition coefficient (Wildman–Crippen LogP) is 1.56. The van der Waals surface area contributed by atoms with Gasteiger partial charge in [0, 0.05) is 12.8 Å². The summed E-state index contributed by atoms with van der Waals surface area (Å²) in [4.78, 5) is 34.1. The van der Waals surface area contributed by atoms with E-state index in [9.17, 15) is 14.4 Å². The van der Waals surface area contributed by atoms with E-state index in [1.807, 2.05) is 18.2 Å². The molecule has 0 saturated heterocycles. The fourth-order valence-corrected chi connectivity index (χ4v) is 1.77. The van der Waals surface area contributed by atoms with Crippen molar-refractivity contribution in [3.8, 4) is 0 Å². The standard InChI is InChI=1S/C15H19NO4/c1-2-12(17)8-9-13(15(19)20)16-14(18)10-11-6-4-3-5-7-11/h3-7,13H,2,8-10H2,1H3,(H,16,18)(H,19,20)/t13-/m0/s1. The van der Waals surface area contributed by atoms with Crippen molar-refractivity contribution in [3.05, 3.63) is 35.9 Å². The van der Waals surface area contributed by atoms with E-state index in [0.717, 1.165) is 5.56 Å². The maximum Gasteiger partial charge on any atom is 0.326 e. The second-order valence-corrected chi connectivity index (χ2v) is 4.55. The highest BCUT2D eigenvalue weighted by atomic mass is 16.4. The molecule has 0 aromatic heterocycles. The van der Waals surface area contributed by atoms with Crippen LogP contribution in [0.2, 0.25) is 0 Å². The number of carboxylic acids is 1. The van der Waals surface area contributed by atoms with Crippen molar-refractivity contribution in [2.75, 3.05) is 0 Å². The van der Waals surface area contributed by atoms with Gasteiger partial charge in [0.25, 0.3) is 0 Å². The minimum Gasteiger partial charge on any atom is -0.480 e. The number of carbonyl (C=O) groups excluding carboxylic acids is 2. The summed E-state index contributed by atoms with van der Waals surface area (Å²) in [6, 6.07) is 8.07. The SMILES string of the molecule is CCC(=O)CC[C@H](NC(=O)Cc1ccccc1)C(=O)O. The Morgan fingerprint density at radius 3 is 2.40 bits per heavy atom. The van der Waals surface area contributed by atoms with E-state index >= 15 is 0 Å². The van der Waals surface area contributed by atoms with Gasteiger partial charge in [0.05, 0.1) is 6.42 Å². The minimum absolute atomic E-state index is 0.00596. The Hall–Kier alpha value is -2.17. The van der Waals surface area contributed by atoms with Crippen molar-refractivity contribution in [1.82, 2.24) is 5.32 Å². The third kappa shape index (κ3) is 5.65. The van der Waals surface area contributed by atoms with E-state index in [-0.39, 0.29) is 31.0 Å². The molecular weight excluding hydrogens is 258 g/mol. The molecule has 1 aromatic carbocycles. The molecule has 5 nitrogen and oxygen atoms in total. The number of nitrogens with one attached hydrogen (secondary N) is 1. The van der Waals surface area contributed by atoms with E-state index in [1.54, 1.807) is 19.1 Å². The van der Waals surface area contributed by atoms with Gasteiger partial charge in [-0.05, 0) is 12.0 Å². The third-order valence-electron chi connectivity index (χ3n) is 2.95. The molecule has 20 heavy (non-hydrogen) atoms. The average molecular weight is 277 g/mol. The molecule has 5 heteroatoms. The number of carbonyl (C=O) groups is 3. The monoisotopic (exact) mass is 277 g/mol. The predicted molar refractivity (Wildman–Crippen MR) is 74.2 cm³/mol. The van der Waals surface area contributed by atoms with Crippen molar-refractivity contribution in [1.29, 1.82) is 0 Å².